The number of aromatic nitrogens is 2. The molecule has 1 aromatic carbocycles. The Morgan fingerprint density at radius 1 is 1.08 bits per heavy atom. The van der Waals surface area contributed by atoms with E-state index in [0.29, 0.717) is 0 Å². The maximum absolute atomic E-state index is 12.3. The van der Waals surface area contributed by atoms with Gasteiger partial charge < -0.3 is 9.64 Å². The summed E-state index contributed by atoms with van der Waals surface area (Å²) in [7, 11) is 1.71. The van der Waals surface area contributed by atoms with Crippen LogP contribution in [0.3, 0.4) is 0 Å². The van der Waals surface area contributed by atoms with Crippen molar-refractivity contribution in [2.45, 2.75) is 32.2 Å². The molecule has 25 heavy (non-hydrogen) atoms. The predicted molar refractivity (Wildman–Crippen MR) is 93.2 cm³/mol. The Bertz CT molecular complexity index is 830. The molecule has 0 atom stereocenters. The van der Waals surface area contributed by atoms with E-state index in [1.165, 1.54) is 0 Å². The number of benzene rings is 1. The van der Waals surface area contributed by atoms with Gasteiger partial charge in [-0.3, -0.25) is 18.7 Å². The molecule has 1 aliphatic rings. The lowest BCUT2D eigenvalue weighted by molar-refractivity contribution is -0.152. The quantitative estimate of drug-likeness (QED) is 0.766. The summed E-state index contributed by atoms with van der Waals surface area (Å²) in [5.74, 6) is -0.611. The average molecular weight is 345 g/mol. The first-order chi connectivity index (χ1) is 12.1. The van der Waals surface area contributed by atoms with Crippen molar-refractivity contribution >= 4 is 22.9 Å². The molecular formula is C18H23N3O4. The second-order valence-electron chi connectivity index (χ2n) is 6.33. The number of ether oxygens (including phenoxy) is 1. The van der Waals surface area contributed by atoms with Crippen LogP contribution in [0.1, 0.15) is 25.7 Å². The van der Waals surface area contributed by atoms with Crippen molar-refractivity contribution in [3.63, 3.8) is 0 Å². The second kappa shape index (κ2) is 7.55. The van der Waals surface area contributed by atoms with E-state index in [1.54, 1.807) is 21.1 Å². The highest BCUT2D eigenvalue weighted by Crippen LogP contribution is 2.12. The maximum Gasteiger partial charge on any atom is 0.328 e. The van der Waals surface area contributed by atoms with Crippen molar-refractivity contribution in [3.05, 3.63) is 34.7 Å². The monoisotopic (exact) mass is 345 g/mol. The van der Waals surface area contributed by atoms with Gasteiger partial charge >= 0.3 is 11.7 Å². The molecule has 2 heterocycles. The van der Waals surface area contributed by atoms with Gasteiger partial charge in [-0.05, 0) is 31.4 Å². The van der Waals surface area contributed by atoms with E-state index in [-0.39, 0.29) is 31.2 Å². The fourth-order valence-corrected chi connectivity index (χ4v) is 3.23. The van der Waals surface area contributed by atoms with Crippen LogP contribution in [0.2, 0.25) is 0 Å². The number of hydrogen-bond donors (Lipinski definition) is 0. The molecule has 1 aromatic heterocycles. The van der Waals surface area contributed by atoms with Crippen molar-refractivity contribution in [2.24, 2.45) is 7.05 Å². The van der Waals surface area contributed by atoms with Crippen LogP contribution in [0.15, 0.2) is 29.1 Å². The normalized spacial score (nSPS) is 14.7. The third kappa shape index (κ3) is 3.75. The minimum absolute atomic E-state index is 0.0567. The number of amides is 1. The van der Waals surface area contributed by atoms with E-state index in [1.807, 2.05) is 24.3 Å². The molecule has 0 aliphatic carbocycles. The molecule has 0 unspecified atom stereocenters. The van der Waals surface area contributed by atoms with Gasteiger partial charge in [0, 0.05) is 26.7 Å². The zero-order chi connectivity index (χ0) is 17.8. The number of likely N-dealkylation sites (tertiary alicyclic amines) is 1. The van der Waals surface area contributed by atoms with Gasteiger partial charge in [0.15, 0.2) is 6.61 Å². The molecule has 1 fully saturated rings. The Morgan fingerprint density at radius 2 is 1.76 bits per heavy atom. The van der Waals surface area contributed by atoms with Crippen molar-refractivity contribution in [3.8, 4) is 0 Å². The number of imidazole rings is 1. The summed E-state index contributed by atoms with van der Waals surface area (Å²) < 4.78 is 8.20. The highest BCUT2D eigenvalue weighted by molar-refractivity contribution is 5.81. The van der Waals surface area contributed by atoms with E-state index >= 15 is 0 Å². The molecular weight excluding hydrogens is 322 g/mol. The Morgan fingerprint density at radius 3 is 2.48 bits per heavy atom. The van der Waals surface area contributed by atoms with E-state index in [2.05, 4.69) is 0 Å². The highest BCUT2D eigenvalue weighted by atomic mass is 16.5. The topological polar surface area (TPSA) is 73.5 Å². The summed E-state index contributed by atoms with van der Waals surface area (Å²) >= 11 is 0. The number of hydrogen-bond acceptors (Lipinski definition) is 4. The lowest BCUT2D eigenvalue weighted by atomic mass is 10.1. The van der Waals surface area contributed by atoms with Gasteiger partial charge in [0.25, 0.3) is 5.91 Å². The van der Waals surface area contributed by atoms with Gasteiger partial charge in [0.05, 0.1) is 17.5 Å². The molecule has 1 aliphatic heterocycles. The predicted octanol–water partition coefficient (Wildman–Crippen LogP) is 1.29. The summed E-state index contributed by atoms with van der Waals surface area (Å²) in [6.07, 6.45) is 3.21. The molecule has 0 spiro atoms. The lowest BCUT2D eigenvalue weighted by Crippen LogP contribution is -2.38. The van der Waals surface area contributed by atoms with Gasteiger partial charge in [0.1, 0.15) is 0 Å². The third-order valence-electron chi connectivity index (χ3n) is 4.66. The number of esters is 1. The van der Waals surface area contributed by atoms with Crippen LogP contribution in [0.25, 0.3) is 11.0 Å². The van der Waals surface area contributed by atoms with Crippen LogP contribution >= 0.6 is 0 Å². The number of fused-ring (bicyclic) bond motifs is 1. The average Bonchev–Trinajstić information content (AvgIpc) is 2.89. The Kier molecular flexibility index (Phi) is 5.21. The molecule has 7 nitrogen and oxygen atoms in total. The van der Waals surface area contributed by atoms with Gasteiger partial charge in [-0.15, -0.1) is 0 Å². The molecule has 0 N–H and O–H groups in total. The summed E-state index contributed by atoms with van der Waals surface area (Å²) in [6.45, 7) is 1.49. The summed E-state index contributed by atoms with van der Waals surface area (Å²) in [6, 6.07) is 7.44. The summed E-state index contributed by atoms with van der Waals surface area (Å²) in [4.78, 5) is 38.0. The second-order valence-corrected chi connectivity index (χ2v) is 6.33. The summed E-state index contributed by atoms with van der Waals surface area (Å²) in [5.41, 5.74) is 1.44. The van der Waals surface area contributed by atoms with Crippen LogP contribution in [0.4, 0.5) is 0 Å². The summed E-state index contributed by atoms with van der Waals surface area (Å²) in [5, 5.41) is 0. The van der Waals surface area contributed by atoms with Crippen LogP contribution < -0.4 is 5.69 Å². The van der Waals surface area contributed by atoms with Crippen LogP contribution in [-0.4, -0.2) is 45.6 Å². The van der Waals surface area contributed by atoms with Gasteiger partial charge in [-0.25, -0.2) is 4.79 Å². The molecule has 3 rings (SSSR count). The van der Waals surface area contributed by atoms with E-state index in [0.717, 1.165) is 43.4 Å². The first-order valence-electron chi connectivity index (χ1n) is 8.65. The van der Waals surface area contributed by atoms with Gasteiger partial charge in [0.2, 0.25) is 0 Å². The van der Waals surface area contributed by atoms with Crippen LogP contribution in [-0.2, 0) is 27.9 Å². The Labute approximate surface area is 145 Å². The number of piperidine rings is 1. The molecule has 7 heteroatoms. The zero-order valence-corrected chi connectivity index (χ0v) is 14.4. The van der Waals surface area contributed by atoms with Crippen LogP contribution in [0, 0.1) is 0 Å². The zero-order valence-electron chi connectivity index (χ0n) is 14.4. The van der Waals surface area contributed by atoms with Crippen molar-refractivity contribution in [1.29, 1.82) is 0 Å². The first-order valence-corrected chi connectivity index (χ1v) is 8.65. The number of rotatable bonds is 5. The van der Waals surface area contributed by atoms with Crippen molar-refractivity contribution in [2.75, 3.05) is 19.7 Å². The highest BCUT2D eigenvalue weighted by Gasteiger charge is 2.18. The number of para-hydroxylation sites is 2. The minimum atomic E-state index is -0.467. The third-order valence-corrected chi connectivity index (χ3v) is 4.66. The molecule has 0 bridgehead atoms. The van der Waals surface area contributed by atoms with E-state index < -0.39 is 5.97 Å². The fourth-order valence-electron chi connectivity index (χ4n) is 3.23. The van der Waals surface area contributed by atoms with Gasteiger partial charge in [-0.1, -0.05) is 12.1 Å². The van der Waals surface area contributed by atoms with Crippen molar-refractivity contribution < 1.29 is 14.3 Å². The Balaban J connectivity index is 1.55. The molecule has 2 aromatic rings. The number of carbonyl (C=O) groups excluding carboxylic acids is 2. The molecule has 1 amide bonds. The van der Waals surface area contributed by atoms with E-state index in [9.17, 15) is 14.4 Å². The minimum Gasteiger partial charge on any atom is -0.456 e. The fraction of sp³-hybridized carbons (Fsp3) is 0.500. The molecule has 0 saturated carbocycles. The molecule has 0 radical (unpaired) electrons. The van der Waals surface area contributed by atoms with Crippen molar-refractivity contribution in [1.82, 2.24) is 14.0 Å². The lowest BCUT2D eigenvalue weighted by Gasteiger charge is -2.26. The largest absolute Gasteiger partial charge is 0.456 e. The van der Waals surface area contributed by atoms with E-state index in [4.69, 9.17) is 4.74 Å². The SMILES string of the molecule is Cn1c(=O)n(CCC(=O)OCC(=O)N2CCCCC2)c2ccccc21. The Hall–Kier alpha value is -2.57. The number of nitrogens with zero attached hydrogens (tertiary/aromatic N) is 3. The standard InChI is InChI=1S/C18H23N3O4/c1-19-14-7-3-4-8-15(14)21(18(19)24)12-9-17(23)25-13-16(22)20-10-5-2-6-11-20/h3-4,7-8H,2,5-6,9-13H2,1H3. The number of aryl methyl sites for hydroxylation is 2. The molecule has 134 valence electrons. The number of carbonyl (C=O) groups is 2. The smallest absolute Gasteiger partial charge is 0.328 e. The van der Waals surface area contributed by atoms with Crippen LogP contribution in [0.5, 0.6) is 0 Å². The molecule has 1 saturated heterocycles. The van der Waals surface area contributed by atoms with Gasteiger partial charge in [-0.2, -0.15) is 0 Å². The maximum atomic E-state index is 12.3. The first kappa shape index (κ1) is 17.3.